The van der Waals surface area contributed by atoms with Gasteiger partial charge in [0.25, 0.3) is 0 Å². The Hall–Kier alpha value is -3.55. The molecule has 2 aromatic rings. The Labute approximate surface area is 188 Å². The topological polar surface area (TPSA) is 103 Å². The van der Waals surface area contributed by atoms with Crippen molar-refractivity contribution in [1.82, 2.24) is 5.32 Å². The summed E-state index contributed by atoms with van der Waals surface area (Å²) >= 11 is 0. The highest BCUT2D eigenvalue weighted by molar-refractivity contribution is 5.93. The molecule has 8 heteroatoms. The van der Waals surface area contributed by atoms with E-state index in [1.54, 1.807) is 32.2 Å². The van der Waals surface area contributed by atoms with E-state index in [-0.39, 0.29) is 30.6 Å². The Kier molecular flexibility index (Phi) is 9.53. The smallest absolute Gasteiger partial charge is 0.328 e. The SMILES string of the molecule is COC(=O)[C@@H](Cc1ccccc1)NC(=O)C[C@H](C)CC(=O)Nc1ccc(OC)cc1OC. The number of methoxy groups -OCH3 is 3. The van der Waals surface area contributed by atoms with Crippen LogP contribution in [-0.4, -0.2) is 45.2 Å². The van der Waals surface area contributed by atoms with Crippen molar-refractivity contribution < 1.29 is 28.6 Å². The Morgan fingerprint density at radius 2 is 1.59 bits per heavy atom. The van der Waals surface area contributed by atoms with Gasteiger partial charge in [0, 0.05) is 25.3 Å². The summed E-state index contributed by atoms with van der Waals surface area (Å²) < 4.78 is 15.3. The molecule has 2 aromatic carbocycles. The number of carbonyl (C=O) groups excluding carboxylic acids is 3. The normalized spacial score (nSPS) is 12.2. The average Bonchev–Trinajstić information content (AvgIpc) is 2.78. The summed E-state index contributed by atoms with van der Waals surface area (Å²) in [5.74, 6) is -0.236. The fourth-order valence-electron chi connectivity index (χ4n) is 3.25. The zero-order chi connectivity index (χ0) is 23.5. The molecule has 0 aromatic heterocycles. The second-order valence-electron chi connectivity index (χ2n) is 7.46. The lowest BCUT2D eigenvalue weighted by atomic mass is 10.0. The fourth-order valence-corrected chi connectivity index (χ4v) is 3.25. The standard InChI is InChI=1S/C24H30N2O6/c1-16(12-22(27)25-19-11-10-18(30-2)15-21(19)31-3)13-23(28)26-20(24(29)32-4)14-17-8-6-5-7-9-17/h5-11,15-16,20H,12-14H2,1-4H3,(H,25,27)(H,26,28)/t16-,20-/m1/s1. The number of rotatable bonds is 11. The van der Waals surface area contributed by atoms with Gasteiger partial charge in [-0.1, -0.05) is 37.3 Å². The lowest BCUT2D eigenvalue weighted by Crippen LogP contribution is -2.43. The van der Waals surface area contributed by atoms with Crippen LogP contribution >= 0.6 is 0 Å². The maximum absolute atomic E-state index is 12.5. The number of hydrogen-bond acceptors (Lipinski definition) is 6. The highest BCUT2D eigenvalue weighted by Crippen LogP contribution is 2.29. The lowest BCUT2D eigenvalue weighted by molar-refractivity contribution is -0.145. The van der Waals surface area contributed by atoms with Gasteiger partial charge in [-0.25, -0.2) is 4.79 Å². The number of hydrogen-bond donors (Lipinski definition) is 2. The average molecular weight is 443 g/mol. The number of benzene rings is 2. The minimum absolute atomic E-state index is 0.0927. The third-order valence-corrected chi connectivity index (χ3v) is 4.85. The van der Waals surface area contributed by atoms with Gasteiger partial charge >= 0.3 is 5.97 Å². The monoisotopic (exact) mass is 442 g/mol. The van der Waals surface area contributed by atoms with Gasteiger partial charge in [0.1, 0.15) is 17.5 Å². The third kappa shape index (κ3) is 7.61. The second kappa shape index (κ2) is 12.3. The van der Waals surface area contributed by atoms with Gasteiger partial charge in [-0.05, 0) is 23.6 Å². The highest BCUT2D eigenvalue weighted by Gasteiger charge is 2.23. The molecule has 2 rings (SSSR count). The molecule has 0 spiro atoms. The molecule has 2 amide bonds. The molecule has 32 heavy (non-hydrogen) atoms. The molecule has 0 unspecified atom stereocenters. The molecule has 0 saturated heterocycles. The molecule has 0 heterocycles. The van der Waals surface area contributed by atoms with Crippen molar-refractivity contribution >= 4 is 23.5 Å². The molecule has 0 aliphatic carbocycles. The van der Waals surface area contributed by atoms with Crippen molar-refractivity contribution in [2.24, 2.45) is 5.92 Å². The van der Waals surface area contributed by atoms with E-state index in [1.807, 2.05) is 30.3 Å². The maximum Gasteiger partial charge on any atom is 0.328 e. The van der Waals surface area contributed by atoms with Crippen LogP contribution in [0.15, 0.2) is 48.5 Å². The summed E-state index contributed by atoms with van der Waals surface area (Å²) in [6.07, 6.45) is 0.547. The number of amides is 2. The maximum atomic E-state index is 12.5. The summed E-state index contributed by atoms with van der Waals surface area (Å²) in [5, 5.41) is 5.51. The lowest BCUT2D eigenvalue weighted by Gasteiger charge is -2.18. The Morgan fingerprint density at radius 1 is 0.906 bits per heavy atom. The Morgan fingerprint density at radius 3 is 2.22 bits per heavy atom. The third-order valence-electron chi connectivity index (χ3n) is 4.85. The quantitative estimate of drug-likeness (QED) is 0.519. The number of ether oxygens (including phenoxy) is 3. The Bertz CT molecular complexity index is 916. The van der Waals surface area contributed by atoms with Crippen molar-refractivity contribution in [3.63, 3.8) is 0 Å². The van der Waals surface area contributed by atoms with E-state index in [0.717, 1.165) is 5.56 Å². The van der Waals surface area contributed by atoms with E-state index >= 15 is 0 Å². The van der Waals surface area contributed by atoms with Gasteiger partial charge in [-0.3, -0.25) is 9.59 Å². The van der Waals surface area contributed by atoms with Crippen molar-refractivity contribution in [2.75, 3.05) is 26.6 Å². The summed E-state index contributed by atoms with van der Waals surface area (Å²) in [6, 6.07) is 13.7. The van der Waals surface area contributed by atoms with Crippen LogP contribution in [0.5, 0.6) is 11.5 Å². The first-order chi connectivity index (χ1) is 15.4. The van der Waals surface area contributed by atoms with Crippen molar-refractivity contribution in [3.05, 3.63) is 54.1 Å². The van der Waals surface area contributed by atoms with Crippen LogP contribution in [0.2, 0.25) is 0 Å². The largest absolute Gasteiger partial charge is 0.497 e. The molecule has 0 aliphatic heterocycles. The van der Waals surface area contributed by atoms with Crippen LogP contribution in [0.3, 0.4) is 0 Å². The van der Waals surface area contributed by atoms with E-state index in [1.165, 1.54) is 14.2 Å². The first kappa shape index (κ1) is 24.7. The first-order valence-electron chi connectivity index (χ1n) is 10.3. The van der Waals surface area contributed by atoms with E-state index in [0.29, 0.717) is 23.6 Å². The van der Waals surface area contributed by atoms with Crippen LogP contribution < -0.4 is 20.1 Å². The Balaban J connectivity index is 1.90. The molecular formula is C24H30N2O6. The van der Waals surface area contributed by atoms with Gasteiger partial charge in [0.05, 0.1) is 27.0 Å². The summed E-state index contributed by atoms with van der Waals surface area (Å²) in [6.45, 7) is 1.80. The predicted molar refractivity (Wildman–Crippen MR) is 121 cm³/mol. The van der Waals surface area contributed by atoms with E-state index < -0.39 is 12.0 Å². The van der Waals surface area contributed by atoms with Gasteiger partial charge < -0.3 is 24.8 Å². The summed E-state index contributed by atoms with van der Waals surface area (Å²) in [5.41, 5.74) is 1.42. The van der Waals surface area contributed by atoms with Crippen LogP contribution in [0, 0.1) is 5.92 Å². The zero-order valence-corrected chi connectivity index (χ0v) is 18.8. The van der Waals surface area contributed by atoms with Crippen LogP contribution in [0.4, 0.5) is 5.69 Å². The summed E-state index contributed by atoms with van der Waals surface area (Å²) in [4.78, 5) is 37.0. The van der Waals surface area contributed by atoms with E-state index in [2.05, 4.69) is 10.6 Å². The highest BCUT2D eigenvalue weighted by atomic mass is 16.5. The first-order valence-corrected chi connectivity index (χ1v) is 10.3. The van der Waals surface area contributed by atoms with Gasteiger partial charge in [-0.2, -0.15) is 0 Å². The summed E-state index contributed by atoms with van der Waals surface area (Å²) in [7, 11) is 4.34. The molecule has 0 aliphatic rings. The van der Waals surface area contributed by atoms with Crippen LogP contribution in [0.25, 0.3) is 0 Å². The van der Waals surface area contributed by atoms with Crippen molar-refractivity contribution in [3.8, 4) is 11.5 Å². The van der Waals surface area contributed by atoms with Crippen LogP contribution in [-0.2, 0) is 25.5 Å². The van der Waals surface area contributed by atoms with Crippen molar-refractivity contribution in [1.29, 1.82) is 0 Å². The van der Waals surface area contributed by atoms with E-state index in [9.17, 15) is 14.4 Å². The molecule has 0 saturated carbocycles. The molecule has 8 nitrogen and oxygen atoms in total. The molecule has 2 atom stereocenters. The second-order valence-corrected chi connectivity index (χ2v) is 7.46. The van der Waals surface area contributed by atoms with Gasteiger partial charge in [0.2, 0.25) is 11.8 Å². The minimum Gasteiger partial charge on any atom is -0.497 e. The molecule has 0 fully saturated rings. The number of nitrogens with one attached hydrogen (secondary N) is 2. The molecule has 172 valence electrons. The van der Waals surface area contributed by atoms with Crippen LogP contribution in [0.1, 0.15) is 25.3 Å². The van der Waals surface area contributed by atoms with E-state index in [4.69, 9.17) is 14.2 Å². The van der Waals surface area contributed by atoms with Gasteiger partial charge in [-0.15, -0.1) is 0 Å². The number of carbonyl (C=O) groups is 3. The predicted octanol–water partition coefficient (Wildman–Crippen LogP) is 2.96. The molecule has 0 radical (unpaired) electrons. The van der Waals surface area contributed by atoms with Gasteiger partial charge in [0.15, 0.2) is 0 Å². The number of anilines is 1. The minimum atomic E-state index is -0.792. The molecular weight excluding hydrogens is 412 g/mol. The zero-order valence-electron chi connectivity index (χ0n) is 18.8. The molecule has 0 bridgehead atoms. The number of esters is 1. The fraction of sp³-hybridized carbons (Fsp3) is 0.375. The van der Waals surface area contributed by atoms with Crippen molar-refractivity contribution in [2.45, 2.75) is 32.2 Å². The molecule has 2 N–H and O–H groups in total.